The predicted octanol–water partition coefficient (Wildman–Crippen LogP) is 26.0. The van der Waals surface area contributed by atoms with Gasteiger partial charge in [0, 0.05) is 19.3 Å². The molecule has 0 amide bonds. The Kier molecular flexibility index (Phi) is 70.0. The Balaban J connectivity index is 4.05. The lowest BCUT2D eigenvalue weighted by Crippen LogP contribution is -2.30. The number of carbonyl (C=O) groups is 3. The maximum Gasteiger partial charge on any atom is 0.306 e. The third-order valence-electron chi connectivity index (χ3n) is 17.5. The van der Waals surface area contributed by atoms with Crippen LogP contribution in [0.1, 0.15) is 438 Å². The van der Waals surface area contributed by atoms with Gasteiger partial charge in [-0.25, -0.2) is 0 Å². The van der Waals surface area contributed by atoms with Crippen LogP contribution in [0.3, 0.4) is 0 Å². The van der Waals surface area contributed by atoms with E-state index in [1.807, 2.05) is 0 Å². The molecule has 0 N–H and O–H groups in total. The van der Waals surface area contributed by atoms with Crippen molar-refractivity contribution < 1.29 is 28.6 Å². The second-order valence-electron chi connectivity index (χ2n) is 25.9. The first kappa shape index (κ1) is 80.2. The summed E-state index contributed by atoms with van der Waals surface area (Å²) in [6, 6.07) is 0. The van der Waals surface area contributed by atoms with E-state index in [0.29, 0.717) is 19.3 Å². The van der Waals surface area contributed by atoms with Crippen LogP contribution < -0.4 is 0 Å². The molecule has 0 saturated carbocycles. The molecule has 0 aliphatic heterocycles. The largest absolute Gasteiger partial charge is 0.462 e. The highest BCUT2D eigenvalue weighted by molar-refractivity contribution is 5.71. The molecule has 1 unspecified atom stereocenters. The van der Waals surface area contributed by atoms with Gasteiger partial charge in [-0.05, 0) is 44.9 Å². The minimum Gasteiger partial charge on any atom is -0.462 e. The molecule has 6 nitrogen and oxygen atoms in total. The lowest BCUT2D eigenvalue weighted by atomic mass is 10.0. The highest BCUT2D eigenvalue weighted by Gasteiger charge is 2.20. The average molecular weight is 1160 g/mol. The van der Waals surface area contributed by atoms with E-state index < -0.39 is 6.10 Å². The SMILES string of the molecule is CCCCCCCCCC/C=C\CCCCCCCCCCCCCCCCCC(=O)OC(COC(=O)CCCCCCCCCCC)COC(=O)CCCCCCCCCCCCCCCCCCCCCCCCCCCCCC. The van der Waals surface area contributed by atoms with Crippen LogP contribution in [-0.2, 0) is 28.6 Å². The highest BCUT2D eigenvalue weighted by Crippen LogP contribution is 2.20. The zero-order chi connectivity index (χ0) is 59.2. The first-order valence-electron chi connectivity index (χ1n) is 37.7. The lowest BCUT2D eigenvalue weighted by Gasteiger charge is -2.18. The zero-order valence-electron chi connectivity index (χ0n) is 56.1. The summed E-state index contributed by atoms with van der Waals surface area (Å²) in [5.41, 5.74) is 0. The van der Waals surface area contributed by atoms with Crippen molar-refractivity contribution >= 4 is 17.9 Å². The van der Waals surface area contributed by atoms with Gasteiger partial charge in [-0.2, -0.15) is 0 Å². The Morgan fingerprint density at radius 1 is 0.232 bits per heavy atom. The first-order chi connectivity index (χ1) is 40.5. The van der Waals surface area contributed by atoms with Gasteiger partial charge in [-0.15, -0.1) is 0 Å². The summed E-state index contributed by atoms with van der Waals surface area (Å²) in [6.45, 7) is 6.71. The van der Waals surface area contributed by atoms with Crippen molar-refractivity contribution in [1.82, 2.24) is 0 Å². The molecule has 0 saturated heterocycles. The minimum absolute atomic E-state index is 0.0625. The third kappa shape index (κ3) is 68.9. The van der Waals surface area contributed by atoms with Crippen molar-refractivity contribution in [2.24, 2.45) is 0 Å². The summed E-state index contributed by atoms with van der Waals surface area (Å²) in [4.78, 5) is 38.3. The fourth-order valence-corrected chi connectivity index (χ4v) is 11.9. The Labute approximate surface area is 513 Å². The normalized spacial score (nSPS) is 12.0. The van der Waals surface area contributed by atoms with Crippen LogP contribution in [0.5, 0.6) is 0 Å². The van der Waals surface area contributed by atoms with Gasteiger partial charge >= 0.3 is 17.9 Å². The van der Waals surface area contributed by atoms with Gasteiger partial charge in [-0.3, -0.25) is 14.4 Å². The minimum atomic E-state index is -0.765. The lowest BCUT2D eigenvalue weighted by molar-refractivity contribution is -0.167. The molecule has 0 aromatic carbocycles. The van der Waals surface area contributed by atoms with Crippen molar-refractivity contribution in [3.05, 3.63) is 12.2 Å². The summed E-state index contributed by atoms with van der Waals surface area (Å²) in [5.74, 6) is -0.829. The van der Waals surface area contributed by atoms with Crippen LogP contribution >= 0.6 is 0 Å². The number of unbranched alkanes of at least 4 members (excludes halogenated alkanes) is 58. The van der Waals surface area contributed by atoms with Crippen LogP contribution in [0.4, 0.5) is 0 Å². The van der Waals surface area contributed by atoms with Gasteiger partial charge in [0.15, 0.2) is 6.10 Å². The molecular formula is C76H146O6. The van der Waals surface area contributed by atoms with Crippen molar-refractivity contribution in [3.63, 3.8) is 0 Å². The zero-order valence-corrected chi connectivity index (χ0v) is 56.1. The summed E-state index contributed by atoms with van der Waals surface area (Å²) >= 11 is 0. The molecule has 0 fully saturated rings. The highest BCUT2D eigenvalue weighted by atomic mass is 16.6. The molecule has 0 bridgehead atoms. The van der Waals surface area contributed by atoms with E-state index in [-0.39, 0.29) is 31.1 Å². The number of rotatable bonds is 71. The van der Waals surface area contributed by atoms with Gasteiger partial charge in [-0.1, -0.05) is 386 Å². The van der Waals surface area contributed by atoms with E-state index in [2.05, 4.69) is 32.9 Å². The van der Waals surface area contributed by atoms with Crippen LogP contribution in [0, 0.1) is 0 Å². The van der Waals surface area contributed by atoms with Gasteiger partial charge < -0.3 is 14.2 Å². The molecule has 0 heterocycles. The smallest absolute Gasteiger partial charge is 0.306 e. The van der Waals surface area contributed by atoms with Gasteiger partial charge in [0.1, 0.15) is 13.2 Å². The Bertz CT molecular complexity index is 1280. The van der Waals surface area contributed by atoms with Crippen molar-refractivity contribution in [1.29, 1.82) is 0 Å². The fourth-order valence-electron chi connectivity index (χ4n) is 11.9. The number of carbonyl (C=O) groups excluding carboxylic acids is 3. The molecule has 0 rings (SSSR count). The van der Waals surface area contributed by atoms with Crippen molar-refractivity contribution in [2.75, 3.05) is 13.2 Å². The Morgan fingerprint density at radius 3 is 0.610 bits per heavy atom. The molecule has 0 spiro atoms. The maximum atomic E-state index is 12.9. The van der Waals surface area contributed by atoms with E-state index in [9.17, 15) is 14.4 Å². The van der Waals surface area contributed by atoms with E-state index in [1.165, 1.54) is 340 Å². The quantitative estimate of drug-likeness (QED) is 0.0261. The summed E-state index contributed by atoms with van der Waals surface area (Å²) in [5, 5.41) is 0. The second kappa shape index (κ2) is 71.6. The van der Waals surface area contributed by atoms with Crippen LogP contribution in [0.15, 0.2) is 12.2 Å². The van der Waals surface area contributed by atoms with Gasteiger partial charge in [0.2, 0.25) is 0 Å². The molecule has 486 valence electrons. The molecule has 0 aromatic rings. The average Bonchev–Trinajstić information content (AvgIpc) is 3.48. The monoisotopic (exact) mass is 1160 g/mol. The van der Waals surface area contributed by atoms with Gasteiger partial charge in [0.25, 0.3) is 0 Å². The number of esters is 3. The number of hydrogen-bond donors (Lipinski definition) is 0. The van der Waals surface area contributed by atoms with E-state index in [1.54, 1.807) is 0 Å². The maximum absolute atomic E-state index is 12.9. The number of ether oxygens (including phenoxy) is 3. The standard InChI is InChI=1S/C76H146O6/c1-4-7-10-13-16-19-21-23-25-27-29-31-33-35-37-39-40-42-44-46-48-50-52-54-57-60-63-66-69-75(78)81-72-73(71-80-74(77)68-65-62-59-56-18-15-12-9-6-3)82-76(79)70-67-64-61-58-55-53-51-49-47-45-43-41-38-36-34-32-30-28-26-24-22-20-17-14-11-8-5-2/h28,30,73H,4-27,29,31-72H2,1-3H3/b30-28-. The fraction of sp³-hybridized carbons (Fsp3) is 0.934. The number of allylic oxidation sites excluding steroid dienone is 2. The predicted molar refractivity (Wildman–Crippen MR) is 358 cm³/mol. The molecule has 1 atom stereocenters. The summed E-state index contributed by atoms with van der Waals surface area (Å²) in [7, 11) is 0. The van der Waals surface area contributed by atoms with E-state index in [0.717, 1.165) is 57.8 Å². The number of hydrogen-bond acceptors (Lipinski definition) is 6. The molecule has 0 radical (unpaired) electrons. The Morgan fingerprint density at radius 2 is 0.402 bits per heavy atom. The van der Waals surface area contributed by atoms with Gasteiger partial charge in [0.05, 0.1) is 0 Å². The van der Waals surface area contributed by atoms with E-state index in [4.69, 9.17) is 14.2 Å². The molecular weight excluding hydrogens is 1010 g/mol. The molecule has 82 heavy (non-hydrogen) atoms. The molecule has 6 heteroatoms. The first-order valence-corrected chi connectivity index (χ1v) is 37.7. The molecule has 0 aliphatic carbocycles. The van der Waals surface area contributed by atoms with Crippen molar-refractivity contribution in [2.45, 2.75) is 444 Å². The molecule has 0 aliphatic rings. The molecule has 0 aromatic heterocycles. The van der Waals surface area contributed by atoms with Crippen LogP contribution in [0.2, 0.25) is 0 Å². The van der Waals surface area contributed by atoms with Crippen LogP contribution in [0.25, 0.3) is 0 Å². The third-order valence-corrected chi connectivity index (χ3v) is 17.5. The summed E-state index contributed by atoms with van der Waals surface area (Å²) in [6.07, 6.45) is 87.1. The van der Waals surface area contributed by atoms with Crippen LogP contribution in [-0.4, -0.2) is 37.2 Å². The van der Waals surface area contributed by atoms with Crippen molar-refractivity contribution in [3.8, 4) is 0 Å². The second-order valence-corrected chi connectivity index (χ2v) is 25.9. The topological polar surface area (TPSA) is 78.9 Å². The summed E-state index contributed by atoms with van der Waals surface area (Å²) < 4.78 is 17.0. The van der Waals surface area contributed by atoms with E-state index >= 15 is 0 Å². The Hall–Kier alpha value is -1.85.